The van der Waals surface area contributed by atoms with Gasteiger partial charge in [0.1, 0.15) is 6.79 Å². The molecule has 0 unspecified atom stereocenters. The molecule has 6 nitrogen and oxygen atoms in total. The fraction of sp³-hybridized carbons (Fsp3) is 0.440. The molecule has 2 aromatic rings. The Morgan fingerprint density at radius 3 is 1.19 bits per heavy atom. The number of amidine groups is 2. The predicted octanol–water partition coefficient (Wildman–Crippen LogP) is 5.17. The largest absolute Gasteiger partial charge is 0.388 e. The minimum absolute atomic E-state index is 0.213. The van der Waals surface area contributed by atoms with Crippen LogP contribution in [0, 0.1) is 10.8 Å². The molecule has 6 heteroatoms. The van der Waals surface area contributed by atoms with Crippen LogP contribution in [0.25, 0.3) is 0 Å². The van der Waals surface area contributed by atoms with Crippen LogP contribution >= 0.6 is 0 Å². The fourth-order valence-corrected chi connectivity index (χ4v) is 2.54. The van der Waals surface area contributed by atoms with Crippen LogP contribution in [-0.4, -0.2) is 18.5 Å². The zero-order valence-electron chi connectivity index (χ0n) is 19.5. The van der Waals surface area contributed by atoms with Gasteiger partial charge >= 0.3 is 0 Å². The van der Waals surface area contributed by atoms with E-state index in [2.05, 4.69) is 0 Å². The Labute approximate surface area is 188 Å². The zero-order valence-corrected chi connectivity index (χ0v) is 19.5. The number of benzene rings is 2. The minimum Gasteiger partial charge on any atom is -0.388 e. The Morgan fingerprint density at radius 1 is 0.613 bits per heavy atom. The van der Waals surface area contributed by atoms with Gasteiger partial charge in [0.05, 0.1) is 24.9 Å². The van der Waals surface area contributed by atoms with Gasteiger partial charge in [0.2, 0.25) is 0 Å². The Kier molecular flexibility index (Phi) is 16.5. The maximum absolute atomic E-state index is 7.25. The molecule has 0 aliphatic carbocycles. The van der Waals surface area contributed by atoms with Crippen LogP contribution in [0.15, 0.2) is 48.5 Å². The van der Waals surface area contributed by atoms with E-state index in [-0.39, 0.29) is 18.5 Å². The summed E-state index contributed by atoms with van der Waals surface area (Å²) in [7, 11) is 0. The molecule has 0 amide bonds. The molecule has 0 aliphatic heterocycles. The molecule has 0 bridgehead atoms. The highest BCUT2D eigenvalue weighted by Crippen LogP contribution is 2.10. The van der Waals surface area contributed by atoms with Gasteiger partial charge in [-0.25, -0.2) is 0 Å². The summed E-state index contributed by atoms with van der Waals surface area (Å²) in [6.45, 7) is 9.23. The SMILES string of the molecule is CC.CC.N=C(N)CCc1ccc(COCOCc2ccc(CCC(=N)N)cc2)cc1. The molecule has 0 saturated carbocycles. The van der Waals surface area contributed by atoms with Crippen molar-refractivity contribution in [1.82, 2.24) is 0 Å². The second-order valence-electron chi connectivity index (χ2n) is 6.50. The molecule has 2 rings (SSSR count). The van der Waals surface area contributed by atoms with E-state index in [1.165, 1.54) is 0 Å². The Morgan fingerprint density at radius 2 is 0.903 bits per heavy atom. The summed E-state index contributed by atoms with van der Waals surface area (Å²) in [5, 5.41) is 14.5. The van der Waals surface area contributed by atoms with Crippen molar-refractivity contribution in [2.45, 2.75) is 66.6 Å². The molecular formula is C25H40N4O2. The number of ether oxygens (including phenoxy) is 2. The number of hydrogen-bond acceptors (Lipinski definition) is 4. The molecule has 172 valence electrons. The number of rotatable bonds is 12. The van der Waals surface area contributed by atoms with E-state index in [9.17, 15) is 0 Å². The lowest BCUT2D eigenvalue weighted by Gasteiger charge is -2.08. The first-order chi connectivity index (χ1) is 15.0. The van der Waals surface area contributed by atoms with E-state index in [4.69, 9.17) is 31.8 Å². The van der Waals surface area contributed by atoms with Crippen molar-refractivity contribution in [2.24, 2.45) is 11.5 Å². The van der Waals surface area contributed by atoms with Gasteiger partial charge < -0.3 is 20.9 Å². The van der Waals surface area contributed by atoms with Crippen LogP contribution in [0.2, 0.25) is 0 Å². The van der Waals surface area contributed by atoms with Gasteiger partial charge in [-0.15, -0.1) is 0 Å². The van der Waals surface area contributed by atoms with Crippen molar-refractivity contribution in [3.05, 3.63) is 70.8 Å². The van der Waals surface area contributed by atoms with E-state index in [1.807, 2.05) is 76.2 Å². The molecule has 0 fully saturated rings. The molecule has 2 aromatic carbocycles. The highest BCUT2D eigenvalue weighted by Gasteiger charge is 1.99. The second-order valence-corrected chi connectivity index (χ2v) is 6.50. The summed E-state index contributed by atoms with van der Waals surface area (Å²) in [5.41, 5.74) is 15.2. The van der Waals surface area contributed by atoms with Crippen molar-refractivity contribution in [2.75, 3.05) is 6.79 Å². The first-order valence-electron chi connectivity index (χ1n) is 11.0. The zero-order chi connectivity index (χ0) is 23.5. The third-order valence-corrected chi connectivity index (χ3v) is 4.12. The first-order valence-corrected chi connectivity index (χ1v) is 11.0. The Hall–Kier alpha value is -2.70. The second kappa shape index (κ2) is 18.1. The standard InChI is InChI=1S/C21H28N4O2.2C2H6/c22-20(23)11-9-16-1-5-18(6-2-16)13-26-15-27-14-19-7-3-17(4-8-19)10-12-21(24)25;2*1-2/h1-8H,9-15H2,(H3,22,23)(H3,24,25);2*1-2H3. The monoisotopic (exact) mass is 428 g/mol. The summed E-state index contributed by atoms with van der Waals surface area (Å²) in [5.74, 6) is 0.426. The van der Waals surface area contributed by atoms with Gasteiger partial charge in [0.15, 0.2) is 0 Å². The van der Waals surface area contributed by atoms with Crippen molar-refractivity contribution < 1.29 is 9.47 Å². The molecule has 6 N–H and O–H groups in total. The van der Waals surface area contributed by atoms with Gasteiger partial charge in [-0.1, -0.05) is 76.2 Å². The van der Waals surface area contributed by atoms with Gasteiger partial charge in [-0.3, -0.25) is 10.8 Å². The normalized spacial score (nSPS) is 9.68. The van der Waals surface area contributed by atoms with Crippen molar-refractivity contribution >= 4 is 11.7 Å². The van der Waals surface area contributed by atoms with Gasteiger partial charge in [0.25, 0.3) is 0 Å². The maximum Gasteiger partial charge on any atom is 0.147 e. The average molecular weight is 429 g/mol. The van der Waals surface area contributed by atoms with Crippen LogP contribution < -0.4 is 11.5 Å². The number of hydrogen-bond donors (Lipinski definition) is 4. The highest BCUT2D eigenvalue weighted by molar-refractivity contribution is 5.77. The molecule has 0 spiro atoms. The molecule has 0 heterocycles. The predicted molar refractivity (Wildman–Crippen MR) is 130 cm³/mol. The van der Waals surface area contributed by atoms with Crippen LogP contribution in [0.4, 0.5) is 0 Å². The van der Waals surface area contributed by atoms with Crippen molar-refractivity contribution in [3.63, 3.8) is 0 Å². The lowest BCUT2D eigenvalue weighted by Crippen LogP contribution is -2.10. The van der Waals surface area contributed by atoms with Crippen molar-refractivity contribution in [3.8, 4) is 0 Å². The van der Waals surface area contributed by atoms with Crippen LogP contribution in [0.1, 0.15) is 62.8 Å². The third-order valence-electron chi connectivity index (χ3n) is 4.12. The minimum atomic E-state index is 0.213. The molecule has 0 aromatic heterocycles. The summed E-state index contributed by atoms with van der Waals surface area (Å²) < 4.78 is 11.1. The van der Waals surface area contributed by atoms with Crippen LogP contribution in [-0.2, 0) is 35.5 Å². The number of aryl methyl sites for hydroxylation is 2. The Balaban J connectivity index is 0.00000212. The summed E-state index contributed by atoms with van der Waals surface area (Å²) in [4.78, 5) is 0. The Bertz CT molecular complexity index is 665. The molecule has 0 aliphatic rings. The quantitative estimate of drug-likeness (QED) is 0.161. The maximum atomic E-state index is 7.25. The molecular weight excluding hydrogens is 388 g/mol. The third kappa shape index (κ3) is 14.0. The number of nitrogens with one attached hydrogen (secondary N) is 2. The highest BCUT2D eigenvalue weighted by atomic mass is 16.7. The van der Waals surface area contributed by atoms with E-state index in [0.29, 0.717) is 26.1 Å². The van der Waals surface area contributed by atoms with Gasteiger partial charge in [0, 0.05) is 12.8 Å². The van der Waals surface area contributed by atoms with Gasteiger partial charge in [-0.05, 0) is 35.1 Å². The molecule has 31 heavy (non-hydrogen) atoms. The first kappa shape index (κ1) is 28.3. The van der Waals surface area contributed by atoms with Gasteiger partial charge in [-0.2, -0.15) is 0 Å². The molecule has 0 atom stereocenters. The molecule has 0 radical (unpaired) electrons. The lowest BCUT2D eigenvalue weighted by atomic mass is 10.1. The average Bonchev–Trinajstić information content (AvgIpc) is 2.80. The summed E-state index contributed by atoms with van der Waals surface area (Å²) in [6, 6.07) is 16.2. The molecule has 0 saturated heterocycles. The van der Waals surface area contributed by atoms with E-state index < -0.39 is 0 Å². The van der Waals surface area contributed by atoms with Crippen LogP contribution in [0.5, 0.6) is 0 Å². The van der Waals surface area contributed by atoms with E-state index >= 15 is 0 Å². The fourth-order valence-electron chi connectivity index (χ4n) is 2.54. The van der Waals surface area contributed by atoms with E-state index in [1.54, 1.807) is 0 Å². The van der Waals surface area contributed by atoms with Crippen LogP contribution in [0.3, 0.4) is 0 Å². The topological polar surface area (TPSA) is 118 Å². The number of nitrogens with two attached hydrogens (primary N) is 2. The summed E-state index contributed by atoms with van der Waals surface area (Å²) >= 11 is 0. The van der Waals surface area contributed by atoms with Crippen molar-refractivity contribution in [1.29, 1.82) is 10.8 Å². The lowest BCUT2D eigenvalue weighted by molar-refractivity contribution is -0.0689. The van der Waals surface area contributed by atoms with E-state index in [0.717, 1.165) is 35.1 Å². The smallest absolute Gasteiger partial charge is 0.147 e. The summed E-state index contributed by atoms with van der Waals surface area (Å²) in [6.07, 6.45) is 2.74.